The quantitative estimate of drug-likeness (QED) is 0.410. The summed E-state index contributed by atoms with van der Waals surface area (Å²) >= 11 is 0. The first-order valence-corrected chi connectivity index (χ1v) is 13.2. The van der Waals surface area contributed by atoms with Crippen LogP contribution in [0.4, 0.5) is 18.9 Å². The number of fused-ring (bicyclic) bond motifs is 1. The van der Waals surface area contributed by atoms with Gasteiger partial charge in [0.1, 0.15) is 12.2 Å². The molecule has 7 nitrogen and oxygen atoms in total. The molecule has 2 aliphatic rings. The number of benzene rings is 1. The number of nitrogens with one attached hydrogen (secondary N) is 2. The van der Waals surface area contributed by atoms with E-state index in [1.807, 2.05) is 12.1 Å². The normalized spacial score (nSPS) is 16.4. The van der Waals surface area contributed by atoms with Gasteiger partial charge in [0, 0.05) is 24.1 Å². The third kappa shape index (κ3) is 7.31. The molecule has 2 saturated heterocycles. The molecule has 2 aliphatic heterocycles. The molecule has 2 fully saturated rings. The van der Waals surface area contributed by atoms with Gasteiger partial charge in [0.15, 0.2) is 0 Å². The molecule has 0 saturated carbocycles. The maximum atomic E-state index is 13.4. The number of anilines is 1. The Bertz CT molecular complexity index is 1350. The van der Waals surface area contributed by atoms with E-state index in [1.54, 1.807) is 24.3 Å². The molecule has 0 aliphatic carbocycles. The first-order valence-electron chi connectivity index (χ1n) is 13.2. The Kier molecular flexibility index (Phi) is 8.38. The van der Waals surface area contributed by atoms with E-state index >= 15 is 0 Å². The monoisotopic (exact) mass is 540 g/mol. The number of rotatable bonds is 8. The summed E-state index contributed by atoms with van der Waals surface area (Å²) < 4.78 is 51.9. The van der Waals surface area contributed by atoms with E-state index in [0.29, 0.717) is 41.7 Å². The minimum Gasteiger partial charge on any atom is -0.381 e. The molecule has 1 aromatic carbocycles. The van der Waals surface area contributed by atoms with Crippen molar-refractivity contribution in [1.82, 2.24) is 14.9 Å². The average Bonchev–Trinajstić information content (AvgIpc) is 3.23. The number of hydrogen-bond acceptors (Lipinski definition) is 5. The number of pyridine rings is 1. The Hall–Kier alpha value is -3.55. The second-order valence-electron chi connectivity index (χ2n) is 10.0. The highest BCUT2D eigenvalue weighted by Crippen LogP contribution is 2.28. The SMILES string of the molecule is O=C(NC1COC1)c1ccc(NCC#Cc2cc3cc(CCC4CCOCC4)ccc3n2CC(F)(F)F)cn1. The summed E-state index contributed by atoms with van der Waals surface area (Å²) in [5.74, 6) is 6.18. The zero-order chi connectivity index (χ0) is 27.2. The maximum absolute atomic E-state index is 13.4. The average molecular weight is 541 g/mol. The fourth-order valence-corrected chi connectivity index (χ4v) is 4.83. The van der Waals surface area contributed by atoms with Crippen LogP contribution in [0.3, 0.4) is 0 Å². The van der Waals surface area contributed by atoms with Crippen LogP contribution in [0, 0.1) is 17.8 Å². The van der Waals surface area contributed by atoms with Gasteiger partial charge in [-0.3, -0.25) is 4.79 Å². The number of hydrogen-bond donors (Lipinski definition) is 2. The van der Waals surface area contributed by atoms with E-state index in [2.05, 4.69) is 27.5 Å². The molecule has 4 heterocycles. The predicted molar refractivity (Wildman–Crippen MR) is 142 cm³/mol. The van der Waals surface area contributed by atoms with Gasteiger partial charge in [-0.25, -0.2) is 4.98 Å². The van der Waals surface area contributed by atoms with E-state index < -0.39 is 12.7 Å². The fraction of sp³-hybridized carbons (Fsp3) is 0.448. The van der Waals surface area contributed by atoms with Crippen LogP contribution in [0.25, 0.3) is 10.9 Å². The van der Waals surface area contributed by atoms with Gasteiger partial charge in [-0.1, -0.05) is 12.0 Å². The number of nitrogens with zero attached hydrogens (tertiary/aromatic N) is 2. The molecule has 1 amide bonds. The van der Waals surface area contributed by atoms with E-state index in [0.717, 1.165) is 49.8 Å². The smallest absolute Gasteiger partial charge is 0.381 e. The van der Waals surface area contributed by atoms with Gasteiger partial charge in [0.25, 0.3) is 5.91 Å². The predicted octanol–water partition coefficient (Wildman–Crippen LogP) is 4.55. The molecule has 0 radical (unpaired) electrons. The lowest BCUT2D eigenvalue weighted by Crippen LogP contribution is -2.48. The number of amides is 1. The summed E-state index contributed by atoms with van der Waals surface area (Å²) in [7, 11) is 0. The molecule has 0 spiro atoms. The summed E-state index contributed by atoms with van der Waals surface area (Å²) in [5, 5.41) is 6.66. The number of aryl methyl sites for hydroxylation is 1. The highest BCUT2D eigenvalue weighted by atomic mass is 19.4. The first kappa shape index (κ1) is 27.0. The van der Waals surface area contributed by atoms with Crippen LogP contribution in [0.5, 0.6) is 0 Å². The van der Waals surface area contributed by atoms with Crippen molar-refractivity contribution in [1.29, 1.82) is 0 Å². The molecule has 3 aromatic rings. The first-order chi connectivity index (χ1) is 18.8. The number of carbonyl (C=O) groups excluding carboxylic acids is 1. The molecule has 39 heavy (non-hydrogen) atoms. The van der Waals surface area contributed by atoms with E-state index in [4.69, 9.17) is 9.47 Å². The number of halogens is 3. The van der Waals surface area contributed by atoms with Crippen molar-refractivity contribution < 1.29 is 27.4 Å². The van der Waals surface area contributed by atoms with Crippen LogP contribution in [0.15, 0.2) is 42.6 Å². The molecule has 10 heteroatoms. The fourth-order valence-electron chi connectivity index (χ4n) is 4.83. The summed E-state index contributed by atoms with van der Waals surface area (Å²) in [4.78, 5) is 16.3. The largest absolute Gasteiger partial charge is 0.406 e. The molecule has 206 valence electrons. The van der Waals surface area contributed by atoms with Gasteiger partial charge >= 0.3 is 6.18 Å². The van der Waals surface area contributed by atoms with Crippen molar-refractivity contribution in [2.45, 2.75) is 44.4 Å². The lowest BCUT2D eigenvalue weighted by Gasteiger charge is -2.26. The molecule has 0 unspecified atom stereocenters. The summed E-state index contributed by atoms with van der Waals surface area (Å²) in [6.45, 7) is 1.71. The summed E-state index contributed by atoms with van der Waals surface area (Å²) in [5.41, 5.74) is 2.90. The number of aromatic nitrogens is 2. The van der Waals surface area contributed by atoms with Crippen LogP contribution < -0.4 is 10.6 Å². The van der Waals surface area contributed by atoms with E-state index in [9.17, 15) is 18.0 Å². The number of alkyl halides is 3. The van der Waals surface area contributed by atoms with Crippen molar-refractivity contribution in [3.05, 3.63) is 59.5 Å². The molecule has 2 aromatic heterocycles. The lowest BCUT2D eigenvalue weighted by molar-refractivity contribution is -0.140. The second-order valence-corrected chi connectivity index (χ2v) is 10.0. The van der Waals surface area contributed by atoms with Crippen molar-refractivity contribution in [3.8, 4) is 11.8 Å². The van der Waals surface area contributed by atoms with Gasteiger partial charge in [-0.2, -0.15) is 13.2 Å². The van der Waals surface area contributed by atoms with Gasteiger partial charge < -0.3 is 24.7 Å². The van der Waals surface area contributed by atoms with Crippen molar-refractivity contribution in [3.63, 3.8) is 0 Å². The zero-order valence-corrected chi connectivity index (χ0v) is 21.5. The number of carbonyl (C=O) groups is 1. The minimum absolute atomic E-state index is 0.0176. The van der Waals surface area contributed by atoms with Crippen LogP contribution >= 0.6 is 0 Å². The third-order valence-corrected chi connectivity index (χ3v) is 7.05. The van der Waals surface area contributed by atoms with E-state index in [-0.39, 0.29) is 18.5 Å². The Morgan fingerprint density at radius 3 is 2.62 bits per heavy atom. The minimum atomic E-state index is -4.37. The topological polar surface area (TPSA) is 77.4 Å². The molecular weight excluding hydrogens is 509 g/mol. The lowest BCUT2D eigenvalue weighted by atomic mass is 9.92. The highest BCUT2D eigenvalue weighted by Gasteiger charge is 2.29. The van der Waals surface area contributed by atoms with Crippen LogP contribution in [-0.2, 0) is 22.4 Å². The maximum Gasteiger partial charge on any atom is 0.406 e. The summed E-state index contributed by atoms with van der Waals surface area (Å²) in [6, 6.07) is 10.7. The Balaban J connectivity index is 1.24. The van der Waals surface area contributed by atoms with Crippen molar-refractivity contribution >= 4 is 22.5 Å². The molecule has 0 atom stereocenters. The Labute approximate surface area is 225 Å². The van der Waals surface area contributed by atoms with E-state index in [1.165, 1.54) is 10.8 Å². The molecular formula is C29H31F3N4O3. The molecule has 5 rings (SSSR count). The van der Waals surface area contributed by atoms with Crippen LogP contribution in [0.1, 0.15) is 41.0 Å². The molecule has 0 bridgehead atoms. The van der Waals surface area contributed by atoms with Gasteiger partial charge in [0.2, 0.25) is 0 Å². The summed E-state index contributed by atoms with van der Waals surface area (Å²) in [6.07, 6.45) is 1.21. The van der Waals surface area contributed by atoms with Gasteiger partial charge in [-0.15, -0.1) is 0 Å². The Morgan fingerprint density at radius 1 is 1.10 bits per heavy atom. The van der Waals surface area contributed by atoms with Crippen molar-refractivity contribution in [2.75, 3.05) is 38.3 Å². The molecule has 2 N–H and O–H groups in total. The van der Waals surface area contributed by atoms with Crippen LogP contribution in [-0.4, -0.2) is 60.6 Å². The zero-order valence-electron chi connectivity index (χ0n) is 21.5. The van der Waals surface area contributed by atoms with Gasteiger partial charge in [0.05, 0.1) is 43.4 Å². The van der Waals surface area contributed by atoms with Crippen LogP contribution in [0.2, 0.25) is 0 Å². The standard InChI is InChI=1S/C29H31F3N4O3/c30-29(31,32)19-36-25(15-22-14-21(5-8-27(22)36)4-3-20-9-12-38-13-10-20)2-1-11-33-23-6-7-26(34-16-23)28(37)35-24-17-39-18-24/h5-8,14-16,20,24,33H,3-4,9-13,17-19H2,(H,35,37). The highest BCUT2D eigenvalue weighted by molar-refractivity contribution is 5.92. The second kappa shape index (κ2) is 12.1. The van der Waals surface area contributed by atoms with Crippen molar-refractivity contribution in [2.24, 2.45) is 5.92 Å². The Morgan fingerprint density at radius 2 is 1.92 bits per heavy atom. The number of ether oxygens (including phenoxy) is 2. The van der Waals surface area contributed by atoms with Gasteiger partial charge in [-0.05, 0) is 73.4 Å². The third-order valence-electron chi connectivity index (χ3n) is 7.05.